The summed E-state index contributed by atoms with van der Waals surface area (Å²) in [5, 5.41) is 7.84. The highest BCUT2D eigenvalue weighted by molar-refractivity contribution is 5.46. The Labute approximate surface area is 119 Å². The third-order valence-corrected chi connectivity index (χ3v) is 3.90. The molecule has 1 saturated heterocycles. The van der Waals surface area contributed by atoms with E-state index in [2.05, 4.69) is 41.6 Å². The predicted molar refractivity (Wildman–Crippen MR) is 79.8 cm³/mol. The maximum atomic E-state index is 5.46. The summed E-state index contributed by atoms with van der Waals surface area (Å²) in [7, 11) is 0. The van der Waals surface area contributed by atoms with Crippen molar-refractivity contribution in [2.24, 2.45) is 5.92 Å². The molecule has 0 saturated carbocycles. The van der Waals surface area contributed by atoms with Crippen LogP contribution in [0.3, 0.4) is 0 Å². The molecule has 0 spiro atoms. The number of anilines is 1. The molecule has 0 aliphatic carbocycles. The van der Waals surface area contributed by atoms with E-state index in [-0.39, 0.29) is 0 Å². The minimum absolute atomic E-state index is 0.442. The third-order valence-electron chi connectivity index (χ3n) is 3.90. The second-order valence-electron chi connectivity index (χ2n) is 5.46. The molecule has 1 aromatic carbocycles. The molecule has 1 aromatic heterocycles. The van der Waals surface area contributed by atoms with Gasteiger partial charge in [0.15, 0.2) is 0 Å². The van der Waals surface area contributed by atoms with Crippen LogP contribution in [0.15, 0.2) is 42.7 Å². The summed E-state index contributed by atoms with van der Waals surface area (Å²) in [6.07, 6.45) is 4.95. The molecule has 2 aromatic rings. The monoisotopic (exact) mass is 271 g/mol. The number of nitrogens with zero attached hydrogens (tertiary/aromatic N) is 2. The fourth-order valence-corrected chi connectivity index (χ4v) is 2.67. The molecule has 106 valence electrons. The number of benzene rings is 1. The van der Waals surface area contributed by atoms with Crippen molar-refractivity contribution >= 4 is 5.69 Å². The molecule has 1 fully saturated rings. The lowest BCUT2D eigenvalue weighted by molar-refractivity contribution is 0.183. The Bertz CT molecular complexity index is 532. The van der Waals surface area contributed by atoms with Gasteiger partial charge in [0.2, 0.25) is 0 Å². The molecular weight excluding hydrogens is 250 g/mol. The molecule has 0 bridgehead atoms. The largest absolute Gasteiger partial charge is 0.382 e. The average Bonchev–Trinajstić information content (AvgIpc) is 3.12. The smallest absolute Gasteiger partial charge is 0.0660 e. The summed E-state index contributed by atoms with van der Waals surface area (Å²) < 4.78 is 7.40. The van der Waals surface area contributed by atoms with Gasteiger partial charge in [0.05, 0.1) is 13.2 Å². The van der Waals surface area contributed by atoms with Gasteiger partial charge in [-0.3, -0.25) is 4.68 Å². The molecule has 3 rings (SSSR count). The zero-order valence-corrected chi connectivity index (χ0v) is 11.8. The second-order valence-corrected chi connectivity index (χ2v) is 5.46. The summed E-state index contributed by atoms with van der Waals surface area (Å²) in [6.45, 7) is 4.82. The van der Waals surface area contributed by atoms with Crippen LogP contribution in [0.25, 0.3) is 0 Å². The van der Waals surface area contributed by atoms with Crippen molar-refractivity contribution in [2.45, 2.75) is 25.9 Å². The zero-order valence-electron chi connectivity index (χ0n) is 11.8. The van der Waals surface area contributed by atoms with Gasteiger partial charge in [0.25, 0.3) is 0 Å². The SMILES string of the molecule is CC(Nc1cccc(Cn2cccn2)c1)C1CCOC1. The van der Waals surface area contributed by atoms with Crippen LogP contribution in [0.1, 0.15) is 18.9 Å². The van der Waals surface area contributed by atoms with Crippen LogP contribution in [0, 0.1) is 5.92 Å². The first kappa shape index (κ1) is 13.2. The number of hydrogen-bond donors (Lipinski definition) is 1. The highest BCUT2D eigenvalue weighted by atomic mass is 16.5. The Morgan fingerprint density at radius 2 is 2.40 bits per heavy atom. The van der Waals surface area contributed by atoms with Crippen LogP contribution in [0.2, 0.25) is 0 Å². The van der Waals surface area contributed by atoms with Gasteiger partial charge in [-0.1, -0.05) is 12.1 Å². The Hall–Kier alpha value is -1.81. The van der Waals surface area contributed by atoms with Crippen molar-refractivity contribution < 1.29 is 4.74 Å². The van der Waals surface area contributed by atoms with Crippen molar-refractivity contribution in [1.29, 1.82) is 0 Å². The Morgan fingerprint density at radius 3 is 3.15 bits per heavy atom. The average molecular weight is 271 g/mol. The fourth-order valence-electron chi connectivity index (χ4n) is 2.67. The molecule has 0 radical (unpaired) electrons. The maximum absolute atomic E-state index is 5.46. The Morgan fingerprint density at radius 1 is 1.45 bits per heavy atom. The van der Waals surface area contributed by atoms with Crippen LogP contribution in [0.5, 0.6) is 0 Å². The van der Waals surface area contributed by atoms with E-state index in [9.17, 15) is 0 Å². The molecule has 2 atom stereocenters. The topological polar surface area (TPSA) is 39.1 Å². The molecule has 4 nitrogen and oxygen atoms in total. The van der Waals surface area contributed by atoms with Crippen LogP contribution in [0.4, 0.5) is 5.69 Å². The molecule has 2 unspecified atom stereocenters. The first-order chi connectivity index (χ1) is 9.81. The van der Waals surface area contributed by atoms with Crippen molar-refractivity contribution in [1.82, 2.24) is 9.78 Å². The summed E-state index contributed by atoms with van der Waals surface area (Å²) in [6, 6.07) is 10.9. The Kier molecular flexibility index (Phi) is 4.02. The van der Waals surface area contributed by atoms with Gasteiger partial charge in [-0.15, -0.1) is 0 Å². The fraction of sp³-hybridized carbons (Fsp3) is 0.438. The van der Waals surface area contributed by atoms with E-state index in [1.807, 2.05) is 23.1 Å². The molecule has 4 heteroatoms. The summed E-state index contributed by atoms with van der Waals surface area (Å²) in [5.41, 5.74) is 2.43. The first-order valence-electron chi connectivity index (χ1n) is 7.22. The first-order valence-corrected chi connectivity index (χ1v) is 7.22. The van der Waals surface area contributed by atoms with E-state index in [0.29, 0.717) is 12.0 Å². The van der Waals surface area contributed by atoms with E-state index in [1.165, 1.54) is 11.3 Å². The van der Waals surface area contributed by atoms with Crippen molar-refractivity contribution in [3.8, 4) is 0 Å². The number of hydrogen-bond acceptors (Lipinski definition) is 3. The molecule has 0 amide bonds. The number of ether oxygens (including phenoxy) is 1. The van der Waals surface area contributed by atoms with E-state index in [0.717, 1.165) is 26.2 Å². The molecule has 1 aliphatic heterocycles. The minimum Gasteiger partial charge on any atom is -0.382 e. The number of nitrogens with one attached hydrogen (secondary N) is 1. The van der Waals surface area contributed by atoms with Crippen LogP contribution in [-0.4, -0.2) is 29.0 Å². The zero-order chi connectivity index (χ0) is 13.8. The van der Waals surface area contributed by atoms with Gasteiger partial charge in [-0.2, -0.15) is 5.10 Å². The highest BCUT2D eigenvalue weighted by Crippen LogP contribution is 2.21. The summed E-state index contributed by atoms with van der Waals surface area (Å²) in [5.74, 6) is 0.616. The number of aromatic nitrogens is 2. The molecular formula is C16H21N3O. The van der Waals surface area contributed by atoms with E-state index in [1.54, 1.807) is 0 Å². The maximum Gasteiger partial charge on any atom is 0.0660 e. The highest BCUT2D eigenvalue weighted by Gasteiger charge is 2.21. The van der Waals surface area contributed by atoms with Crippen LogP contribution >= 0.6 is 0 Å². The lowest BCUT2D eigenvalue weighted by Crippen LogP contribution is -2.26. The standard InChI is InChI=1S/C16H21N3O/c1-13(15-6-9-20-12-15)18-16-5-2-4-14(10-16)11-19-8-3-7-17-19/h2-5,7-8,10,13,15,18H,6,9,11-12H2,1H3. The van der Waals surface area contributed by atoms with Gasteiger partial charge in [0, 0.05) is 36.6 Å². The van der Waals surface area contributed by atoms with E-state index >= 15 is 0 Å². The van der Waals surface area contributed by atoms with Gasteiger partial charge in [-0.05, 0) is 37.1 Å². The van der Waals surface area contributed by atoms with Gasteiger partial charge >= 0.3 is 0 Å². The lowest BCUT2D eigenvalue weighted by Gasteiger charge is -2.20. The minimum atomic E-state index is 0.442. The lowest BCUT2D eigenvalue weighted by atomic mass is 10.0. The molecule has 1 aliphatic rings. The second kappa shape index (κ2) is 6.09. The Balaban J connectivity index is 1.64. The van der Waals surface area contributed by atoms with E-state index < -0.39 is 0 Å². The molecule has 1 N–H and O–H groups in total. The number of rotatable bonds is 5. The molecule has 2 heterocycles. The van der Waals surface area contributed by atoms with Crippen LogP contribution in [-0.2, 0) is 11.3 Å². The van der Waals surface area contributed by atoms with Gasteiger partial charge in [0.1, 0.15) is 0 Å². The third kappa shape index (κ3) is 3.20. The van der Waals surface area contributed by atoms with Crippen molar-refractivity contribution in [3.05, 3.63) is 48.3 Å². The predicted octanol–water partition coefficient (Wildman–Crippen LogP) is 2.77. The summed E-state index contributed by atoms with van der Waals surface area (Å²) in [4.78, 5) is 0. The quantitative estimate of drug-likeness (QED) is 0.909. The molecule has 20 heavy (non-hydrogen) atoms. The van der Waals surface area contributed by atoms with Crippen molar-refractivity contribution in [3.63, 3.8) is 0 Å². The van der Waals surface area contributed by atoms with E-state index in [4.69, 9.17) is 4.74 Å². The van der Waals surface area contributed by atoms with Gasteiger partial charge in [-0.25, -0.2) is 0 Å². The van der Waals surface area contributed by atoms with Crippen molar-refractivity contribution in [2.75, 3.05) is 18.5 Å². The normalized spacial score (nSPS) is 19.9. The summed E-state index contributed by atoms with van der Waals surface area (Å²) >= 11 is 0. The van der Waals surface area contributed by atoms with Crippen LogP contribution < -0.4 is 5.32 Å². The van der Waals surface area contributed by atoms with Gasteiger partial charge < -0.3 is 10.1 Å².